The van der Waals surface area contributed by atoms with Crippen LogP contribution in [-0.2, 0) is 0 Å². The lowest BCUT2D eigenvalue weighted by atomic mass is 9.91. The van der Waals surface area contributed by atoms with Gasteiger partial charge in [0.15, 0.2) is 0 Å². The van der Waals surface area contributed by atoms with Crippen molar-refractivity contribution in [2.75, 3.05) is 9.80 Å². The summed E-state index contributed by atoms with van der Waals surface area (Å²) in [5.41, 5.74) is 23.3. The minimum Gasteiger partial charge on any atom is -0.310 e. The van der Waals surface area contributed by atoms with Gasteiger partial charge in [0.1, 0.15) is 0 Å². The maximum atomic E-state index is 2.46. The fourth-order valence-corrected chi connectivity index (χ4v) is 21.8. The molecular weight excluding hydrogens is 1410 g/mol. The SMILES string of the molecule is c1ccc(N(c2ccc(-c3ccc(-c4ccc5c(c4)sc4cccc(-c6ccccc6N(c6ccc(-c7ccc8c(c7)sc7ccccc78)cc6)c6ccc(-c7cccc8ccccc78)cc6)c45)c4ccccc34)cc2)c2ccc(-c3cccc4sc5ccccc5c34)cc2)c(-c2cccc3sc4ccccc4c23)c1. The standard InChI is InChI=1S/C104H64N2S4/c1-2-21-76-66(19-1)20-15-29-77(76)67-43-53-73(54-44-67)105(72-51-41-65(42-52-72)70-49-59-86-85-26-7-12-35-94(85)109-100(86)63-70)93-34-11-6-25-84(93)88-32-18-40-99-104(88)91-60-50-71(64-101(91)110-99)79-62-61-78(81-22-3-4-23-82(79)81)68-45-55-74(56-46-68)106(75-57-47-69(48-58-75)80-30-16-38-97-102(80)89-27-8-13-36-95(89)107-97)92-33-10-5-24-83(92)87-31-17-39-98-103(87)90-28-9-14-37-96(90)108-98/h1-64H. The lowest BCUT2D eigenvalue weighted by molar-refractivity contribution is 1.28. The molecule has 0 N–H and O–H groups in total. The van der Waals surface area contributed by atoms with Crippen molar-refractivity contribution in [1.82, 2.24) is 0 Å². The molecule has 514 valence electrons. The van der Waals surface area contributed by atoms with E-state index in [1.54, 1.807) is 0 Å². The molecule has 0 aliphatic heterocycles. The minimum absolute atomic E-state index is 1.08. The van der Waals surface area contributed by atoms with Crippen LogP contribution in [0.15, 0.2) is 388 Å². The highest BCUT2D eigenvalue weighted by molar-refractivity contribution is 7.27. The number of hydrogen-bond donors (Lipinski definition) is 0. The Morgan fingerprint density at radius 2 is 0.455 bits per heavy atom. The highest BCUT2D eigenvalue weighted by Gasteiger charge is 2.25. The molecule has 0 atom stereocenters. The number of anilines is 6. The average molecular weight is 1470 g/mol. The van der Waals surface area contributed by atoms with Crippen LogP contribution in [0.25, 0.3) is 180 Å². The molecule has 0 spiro atoms. The van der Waals surface area contributed by atoms with Crippen LogP contribution in [0.2, 0.25) is 0 Å². The molecule has 0 fully saturated rings. The van der Waals surface area contributed by atoms with E-state index < -0.39 is 0 Å². The summed E-state index contributed by atoms with van der Waals surface area (Å²) < 4.78 is 10.3. The second-order valence-electron chi connectivity index (χ2n) is 28.5. The van der Waals surface area contributed by atoms with Gasteiger partial charge in [-0.15, -0.1) is 45.3 Å². The largest absolute Gasteiger partial charge is 0.310 e. The molecule has 0 radical (unpaired) electrons. The summed E-state index contributed by atoms with van der Waals surface area (Å²) in [6.45, 7) is 0. The molecule has 2 nitrogen and oxygen atoms in total. The summed E-state index contributed by atoms with van der Waals surface area (Å²) in [4.78, 5) is 4.91. The molecule has 4 heterocycles. The Labute approximate surface area is 652 Å². The second kappa shape index (κ2) is 26.4. The number of thiophene rings is 4. The van der Waals surface area contributed by atoms with Crippen LogP contribution >= 0.6 is 45.3 Å². The third kappa shape index (κ3) is 10.8. The van der Waals surface area contributed by atoms with Gasteiger partial charge in [0.2, 0.25) is 0 Å². The van der Waals surface area contributed by atoms with Crippen molar-refractivity contribution < 1.29 is 0 Å². The van der Waals surface area contributed by atoms with Gasteiger partial charge < -0.3 is 9.80 Å². The first-order chi connectivity index (χ1) is 54.5. The first kappa shape index (κ1) is 64.2. The van der Waals surface area contributed by atoms with Gasteiger partial charge in [0.05, 0.1) is 11.4 Å². The predicted octanol–water partition coefficient (Wildman–Crippen LogP) is 32.1. The summed E-state index contributed by atoms with van der Waals surface area (Å²) in [7, 11) is 0. The number of benzene rings is 18. The first-order valence-electron chi connectivity index (χ1n) is 37.4. The molecule has 22 aromatic rings. The Morgan fingerprint density at radius 1 is 0.155 bits per heavy atom. The van der Waals surface area contributed by atoms with E-state index in [2.05, 4.69) is 398 Å². The van der Waals surface area contributed by atoms with Gasteiger partial charge >= 0.3 is 0 Å². The summed E-state index contributed by atoms with van der Waals surface area (Å²) in [5, 5.41) is 15.3. The van der Waals surface area contributed by atoms with Crippen LogP contribution in [0.3, 0.4) is 0 Å². The van der Waals surface area contributed by atoms with Crippen LogP contribution in [0, 0.1) is 0 Å². The number of rotatable bonds is 13. The average Bonchev–Trinajstić information content (AvgIpc) is 1.52. The molecule has 0 saturated carbocycles. The van der Waals surface area contributed by atoms with E-state index in [0.29, 0.717) is 0 Å². The molecular formula is C104H64N2S4. The Bertz CT molecular complexity index is 7400. The van der Waals surface area contributed by atoms with Crippen molar-refractivity contribution in [3.8, 4) is 77.9 Å². The van der Waals surface area contributed by atoms with Crippen LogP contribution in [0.5, 0.6) is 0 Å². The zero-order chi connectivity index (χ0) is 72.3. The third-order valence-corrected chi connectivity index (χ3v) is 26.9. The smallest absolute Gasteiger partial charge is 0.0540 e. The number of hydrogen-bond acceptors (Lipinski definition) is 6. The Hall–Kier alpha value is -13.0. The van der Waals surface area contributed by atoms with Gasteiger partial charge in [0, 0.05) is 115 Å². The van der Waals surface area contributed by atoms with E-state index in [4.69, 9.17) is 0 Å². The molecule has 0 unspecified atom stereocenters. The number of nitrogens with zero attached hydrogens (tertiary/aromatic N) is 2. The van der Waals surface area contributed by atoms with Crippen molar-refractivity contribution in [3.05, 3.63) is 388 Å². The quantitative estimate of drug-likeness (QED) is 0.114. The number of fused-ring (bicyclic) bond motifs is 14. The fraction of sp³-hybridized carbons (Fsp3) is 0. The first-order valence-corrected chi connectivity index (χ1v) is 40.7. The van der Waals surface area contributed by atoms with Crippen LogP contribution in [0.1, 0.15) is 0 Å². The molecule has 6 heteroatoms. The maximum absolute atomic E-state index is 2.46. The van der Waals surface area contributed by atoms with Gasteiger partial charge in [-0.25, -0.2) is 0 Å². The fourth-order valence-electron chi connectivity index (χ4n) is 17.2. The van der Waals surface area contributed by atoms with E-state index in [9.17, 15) is 0 Å². The molecule has 18 aromatic carbocycles. The molecule has 22 rings (SSSR count). The molecule has 0 aliphatic carbocycles. The van der Waals surface area contributed by atoms with Crippen molar-refractivity contribution in [2.45, 2.75) is 0 Å². The van der Waals surface area contributed by atoms with Gasteiger partial charge in [-0.3, -0.25) is 0 Å². The second-order valence-corrected chi connectivity index (χ2v) is 32.8. The maximum Gasteiger partial charge on any atom is 0.0540 e. The van der Waals surface area contributed by atoms with E-state index in [-0.39, 0.29) is 0 Å². The van der Waals surface area contributed by atoms with Gasteiger partial charge in [-0.05, 0) is 198 Å². The van der Waals surface area contributed by atoms with E-state index >= 15 is 0 Å². The van der Waals surface area contributed by atoms with E-state index in [0.717, 1.165) is 39.7 Å². The van der Waals surface area contributed by atoms with Gasteiger partial charge in [-0.2, -0.15) is 0 Å². The third-order valence-electron chi connectivity index (χ3n) is 22.3. The van der Waals surface area contributed by atoms with Gasteiger partial charge in [0.25, 0.3) is 0 Å². The van der Waals surface area contributed by atoms with Crippen LogP contribution in [-0.4, -0.2) is 0 Å². The summed E-state index contributed by atoms with van der Waals surface area (Å²) in [6.07, 6.45) is 0. The Kier molecular flexibility index (Phi) is 15.4. The minimum atomic E-state index is 1.08. The molecule has 0 aliphatic rings. The van der Waals surface area contributed by atoms with E-state index in [1.807, 2.05) is 45.3 Å². The normalized spacial score (nSPS) is 11.8. The lowest BCUT2D eigenvalue weighted by Gasteiger charge is -2.28. The predicted molar refractivity (Wildman–Crippen MR) is 480 cm³/mol. The zero-order valence-corrected chi connectivity index (χ0v) is 62.7. The van der Waals surface area contributed by atoms with Crippen LogP contribution in [0.4, 0.5) is 34.1 Å². The Balaban J connectivity index is 0.619. The Morgan fingerprint density at radius 3 is 1.01 bits per heavy atom. The van der Waals surface area contributed by atoms with Crippen LogP contribution < -0.4 is 9.80 Å². The monoisotopic (exact) mass is 1470 g/mol. The highest BCUT2D eigenvalue weighted by Crippen LogP contribution is 2.52. The zero-order valence-electron chi connectivity index (χ0n) is 59.5. The van der Waals surface area contributed by atoms with Crippen molar-refractivity contribution in [1.29, 1.82) is 0 Å². The summed E-state index contributed by atoms with van der Waals surface area (Å²) >= 11 is 7.47. The molecule has 0 saturated heterocycles. The van der Waals surface area contributed by atoms with Crippen molar-refractivity contribution in [3.63, 3.8) is 0 Å². The lowest BCUT2D eigenvalue weighted by Crippen LogP contribution is -2.11. The molecule has 0 bridgehead atoms. The number of para-hydroxylation sites is 2. The van der Waals surface area contributed by atoms with Crippen molar-refractivity contribution >= 4 is 182 Å². The summed E-state index contributed by atoms with van der Waals surface area (Å²) in [5.74, 6) is 0. The molecule has 110 heavy (non-hydrogen) atoms. The topological polar surface area (TPSA) is 6.48 Å². The molecule has 4 aromatic heterocycles. The molecule has 0 amide bonds. The highest BCUT2D eigenvalue weighted by atomic mass is 32.1. The van der Waals surface area contributed by atoms with Gasteiger partial charge in [-0.1, -0.05) is 279 Å². The summed E-state index contributed by atoms with van der Waals surface area (Å²) in [6, 6.07) is 145. The van der Waals surface area contributed by atoms with Crippen molar-refractivity contribution in [2.24, 2.45) is 0 Å². The van der Waals surface area contributed by atoms with E-state index in [1.165, 1.54) is 175 Å².